The maximum atomic E-state index is 14.2. The van der Waals surface area contributed by atoms with Gasteiger partial charge in [-0.15, -0.1) is 0 Å². The van der Waals surface area contributed by atoms with Gasteiger partial charge >= 0.3 is 0 Å². The second-order valence-electron chi connectivity index (χ2n) is 6.06. The molecule has 1 heterocycles. The Bertz CT molecular complexity index is 436. The topological polar surface area (TPSA) is 35.5 Å². The molecule has 1 aromatic rings. The van der Waals surface area contributed by atoms with E-state index in [9.17, 15) is 9.50 Å². The van der Waals surface area contributed by atoms with Gasteiger partial charge in [0.25, 0.3) is 0 Å². The molecule has 1 fully saturated rings. The zero-order valence-electron chi connectivity index (χ0n) is 12.4. The van der Waals surface area contributed by atoms with Crippen molar-refractivity contribution >= 4 is 5.69 Å². The lowest BCUT2D eigenvalue weighted by Gasteiger charge is -2.23. The highest BCUT2D eigenvalue weighted by molar-refractivity contribution is 5.55. The van der Waals surface area contributed by atoms with Crippen molar-refractivity contribution in [2.24, 2.45) is 11.8 Å². The number of nitrogens with zero attached hydrogens (tertiary/aromatic N) is 1. The average Bonchev–Trinajstić information content (AvgIpc) is 2.87. The smallest absolute Gasteiger partial charge is 0.146 e. The first-order valence-corrected chi connectivity index (χ1v) is 7.45. The maximum Gasteiger partial charge on any atom is 0.146 e. The van der Waals surface area contributed by atoms with Crippen LogP contribution in [-0.2, 0) is 6.54 Å². The summed E-state index contributed by atoms with van der Waals surface area (Å²) in [5, 5.41) is 12.6. The highest BCUT2D eigenvalue weighted by Gasteiger charge is 2.25. The van der Waals surface area contributed by atoms with Crippen molar-refractivity contribution in [3.63, 3.8) is 0 Å². The van der Waals surface area contributed by atoms with Gasteiger partial charge in [-0.1, -0.05) is 26.0 Å². The second-order valence-corrected chi connectivity index (χ2v) is 6.06. The van der Waals surface area contributed by atoms with Gasteiger partial charge in [-0.2, -0.15) is 0 Å². The lowest BCUT2D eigenvalue weighted by Crippen LogP contribution is -2.25. The van der Waals surface area contributed by atoms with Crippen LogP contribution in [0.5, 0.6) is 0 Å². The molecule has 2 rings (SSSR count). The van der Waals surface area contributed by atoms with Crippen molar-refractivity contribution in [3.8, 4) is 0 Å². The molecular weight excluding hydrogens is 255 g/mol. The lowest BCUT2D eigenvalue weighted by atomic mass is 10.1. The summed E-state index contributed by atoms with van der Waals surface area (Å²) in [6, 6.07) is 5.27. The Kier molecular flexibility index (Phi) is 5.38. The van der Waals surface area contributed by atoms with Crippen molar-refractivity contribution in [2.75, 3.05) is 31.1 Å². The number of hydrogen-bond acceptors (Lipinski definition) is 3. The summed E-state index contributed by atoms with van der Waals surface area (Å²) in [4.78, 5) is 2.07. The highest BCUT2D eigenvalue weighted by Crippen LogP contribution is 2.29. The molecule has 4 heteroatoms. The van der Waals surface area contributed by atoms with Crippen LogP contribution >= 0.6 is 0 Å². The minimum atomic E-state index is -0.160. The Balaban J connectivity index is 2.10. The molecule has 0 aromatic heterocycles. The largest absolute Gasteiger partial charge is 0.396 e. The zero-order valence-corrected chi connectivity index (χ0v) is 12.4. The Morgan fingerprint density at radius 1 is 1.45 bits per heavy atom. The molecule has 0 saturated carbocycles. The number of benzene rings is 1. The minimum absolute atomic E-state index is 0.160. The number of para-hydroxylation sites is 1. The summed E-state index contributed by atoms with van der Waals surface area (Å²) < 4.78 is 14.2. The molecule has 0 radical (unpaired) electrons. The third-order valence-electron chi connectivity index (χ3n) is 3.80. The Morgan fingerprint density at radius 2 is 2.25 bits per heavy atom. The van der Waals surface area contributed by atoms with E-state index in [4.69, 9.17) is 0 Å². The number of rotatable bonds is 6. The van der Waals surface area contributed by atoms with E-state index in [-0.39, 0.29) is 18.3 Å². The van der Waals surface area contributed by atoms with Crippen molar-refractivity contribution in [1.82, 2.24) is 5.32 Å². The summed E-state index contributed by atoms with van der Waals surface area (Å²) in [7, 11) is 0. The maximum absolute atomic E-state index is 14.2. The number of halogens is 1. The van der Waals surface area contributed by atoms with Crippen molar-refractivity contribution in [3.05, 3.63) is 29.6 Å². The fourth-order valence-corrected chi connectivity index (χ4v) is 2.74. The van der Waals surface area contributed by atoms with Crippen LogP contribution in [0.4, 0.5) is 10.1 Å². The van der Waals surface area contributed by atoms with Crippen LogP contribution in [-0.4, -0.2) is 31.3 Å². The fraction of sp³-hybridized carbons (Fsp3) is 0.625. The van der Waals surface area contributed by atoms with Gasteiger partial charge in [-0.3, -0.25) is 0 Å². The first-order valence-electron chi connectivity index (χ1n) is 7.45. The molecule has 112 valence electrons. The van der Waals surface area contributed by atoms with Crippen LogP contribution in [0.15, 0.2) is 18.2 Å². The average molecular weight is 280 g/mol. The van der Waals surface area contributed by atoms with Crippen LogP contribution in [0.1, 0.15) is 25.8 Å². The lowest BCUT2D eigenvalue weighted by molar-refractivity contribution is 0.238. The van der Waals surface area contributed by atoms with Crippen LogP contribution in [0.3, 0.4) is 0 Å². The van der Waals surface area contributed by atoms with E-state index in [0.29, 0.717) is 18.2 Å². The third-order valence-corrected chi connectivity index (χ3v) is 3.80. The molecule has 0 amide bonds. The van der Waals surface area contributed by atoms with Crippen molar-refractivity contribution < 1.29 is 9.50 Å². The normalized spacial score (nSPS) is 19.1. The number of nitrogens with one attached hydrogen (secondary N) is 1. The van der Waals surface area contributed by atoms with E-state index in [2.05, 4.69) is 24.1 Å². The van der Waals surface area contributed by atoms with E-state index in [1.165, 1.54) is 6.07 Å². The van der Waals surface area contributed by atoms with Gasteiger partial charge in [0.15, 0.2) is 0 Å². The summed E-state index contributed by atoms with van der Waals surface area (Å²) in [6.07, 6.45) is 0.934. The number of anilines is 1. The predicted octanol–water partition coefficient (Wildman–Crippen LogP) is 2.39. The van der Waals surface area contributed by atoms with E-state index >= 15 is 0 Å². The van der Waals surface area contributed by atoms with Crippen LogP contribution in [0.2, 0.25) is 0 Å². The van der Waals surface area contributed by atoms with Gasteiger partial charge in [0, 0.05) is 32.2 Å². The van der Waals surface area contributed by atoms with Crippen LogP contribution in [0, 0.1) is 17.7 Å². The van der Waals surface area contributed by atoms with Crippen molar-refractivity contribution in [1.29, 1.82) is 0 Å². The van der Waals surface area contributed by atoms with Gasteiger partial charge < -0.3 is 15.3 Å². The molecule has 1 aliphatic rings. The van der Waals surface area contributed by atoms with E-state index in [0.717, 1.165) is 31.6 Å². The van der Waals surface area contributed by atoms with Crippen molar-refractivity contribution in [2.45, 2.75) is 26.8 Å². The number of aliphatic hydroxyl groups excluding tert-OH is 1. The molecule has 0 aliphatic carbocycles. The van der Waals surface area contributed by atoms with E-state index in [1.54, 1.807) is 6.07 Å². The Morgan fingerprint density at radius 3 is 2.90 bits per heavy atom. The molecule has 1 aliphatic heterocycles. The Labute approximate surface area is 120 Å². The SMILES string of the molecule is CC(C)CNCc1cccc(F)c1N1CCC(CO)C1. The molecule has 1 aromatic carbocycles. The quantitative estimate of drug-likeness (QED) is 0.840. The summed E-state index contributed by atoms with van der Waals surface area (Å²) in [5.74, 6) is 0.691. The minimum Gasteiger partial charge on any atom is -0.396 e. The van der Waals surface area contributed by atoms with Gasteiger partial charge in [-0.25, -0.2) is 4.39 Å². The van der Waals surface area contributed by atoms with Gasteiger partial charge in [-0.05, 0) is 30.5 Å². The number of hydrogen-bond donors (Lipinski definition) is 2. The van der Waals surface area contributed by atoms with Crippen LogP contribution in [0.25, 0.3) is 0 Å². The molecule has 2 N–H and O–H groups in total. The molecule has 1 saturated heterocycles. The van der Waals surface area contributed by atoms with E-state index < -0.39 is 0 Å². The summed E-state index contributed by atoms with van der Waals surface area (Å²) >= 11 is 0. The molecule has 3 nitrogen and oxygen atoms in total. The Hall–Kier alpha value is -1.13. The second kappa shape index (κ2) is 7.04. The summed E-state index contributed by atoms with van der Waals surface area (Å²) in [5.41, 5.74) is 1.71. The predicted molar refractivity (Wildman–Crippen MR) is 80.4 cm³/mol. The number of aliphatic hydroxyl groups is 1. The first-order chi connectivity index (χ1) is 9.61. The molecule has 0 bridgehead atoms. The standard InChI is InChI=1S/C16H25FN2O/c1-12(2)8-18-9-14-4-3-5-15(17)16(14)19-7-6-13(10-19)11-20/h3-5,12-13,18,20H,6-11H2,1-2H3. The molecule has 1 atom stereocenters. The first kappa shape index (κ1) is 15.3. The van der Waals surface area contributed by atoms with E-state index in [1.807, 2.05) is 6.07 Å². The zero-order chi connectivity index (χ0) is 14.5. The van der Waals surface area contributed by atoms with Gasteiger partial charge in [0.2, 0.25) is 0 Å². The molecule has 0 spiro atoms. The highest BCUT2D eigenvalue weighted by atomic mass is 19.1. The molecule has 1 unspecified atom stereocenters. The van der Waals surface area contributed by atoms with Crippen LogP contribution < -0.4 is 10.2 Å². The molecular formula is C16H25FN2O. The van der Waals surface area contributed by atoms with Gasteiger partial charge in [0.05, 0.1) is 5.69 Å². The fourth-order valence-electron chi connectivity index (χ4n) is 2.74. The van der Waals surface area contributed by atoms with Gasteiger partial charge in [0.1, 0.15) is 5.82 Å². The monoisotopic (exact) mass is 280 g/mol. The third kappa shape index (κ3) is 3.70. The summed E-state index contributed by atoms with van der Waals surface area (Å²) in [6.45, 7) is 7.68. The molecule has 20 heavy (non-hydrogen) atoms.